The predicted octanol–water partition coefficient (Wildman–Crippen LogP) is 3.88. The summed E-state index contributed by atoms with van der Waals surface area (Å²) in [6.45, 7) is 0.288. The second-order valence-corrected chi connectivity index (χ2v) is 10.1. The van der Waals surface area contributed by atoms with Gasteiger partial charge >= 0.3 is 0 Å². The van der Waals surface area contributed by atoms with E-state index in [-0.39, 0.29) is 28.2 Å². The molecule has 0 aliphatic carbocycles. The van der Waals surface area contributed by atoms with E-state index in [4.69, 9.17) is 40.6 Å². The third-order valence-electron chi connectivity index (χ3n) is 4.87. The van der Waals surface area contributed by atoms with Crippen molar-refractivity contribution >= 4 is 73.5 Å². The molecule has 1 heterocycles. The molecule has 1 amide bonds. The summed E-state index contributed by atoms with van der Waals surface area (Å²) >= 11 is 17.9. The number of benzene rings is 3. The van der Waals surface area contributed by atoms with E-state index in [1.807, 2.05) is 30.3 Å². The van der Waals surface area contributed by atoms with E-state index in [2.05, 4.69) is 15.8 Å². The molecule has 4 N–H and O–H groups in total. The number of hydrogen-bond donors (Lipinski definition) is 3. The fourth-order valence-corrected chi connectivity index (χ4v) is 4.73. The van der Waals surface area contributed by atoms with Crippen molar-refractivity contribution in [2.45, 2.75) is 11.4 Å². The van der Waals surface area contributed by atoms with Gasteiger partial charge in [-0.1, -0.05) is 59.6 Å². The molecule has 0 atom stereocenters. The number of thiocarbonyl (C=S) groups is 1. The molecule has 4 rings (SSSR count). The Morgan fingerprint density at radius 3 is 2.50 bits per heavy atom. The van der Waals surface area contributed by atoms with Crippen LogP contribution in [0, 0.1) is 0 Å². The molecular formula is C22H17Cl2N5O3S2. The Balaban J connectivity index is 1.59. The zero-order valence-corrected chi connectivity index (χ0v) is 20.5. The van der Waals surface area contributed by atoms with E-state index in [1.165, 1.54) is 23.1 Å². The van der Waals surface area contributed by atoms with Crippen molar-refractivity contribution in [3.63, 3.8) is 0 Å². The average molecular weight is 534 g/mol. The fourth-order valence-electron chi connectivity index (χ4n) is 3.41. The predicted molar refractivity (Wildman–Crippen MR) is 138 cm³/mol. The Bertz CT molecular complexity index is 1430. The SMILES string of the molecule is NS(=O)(=O)c1cccc(NC(=S)NN=C2C(=O)N(Cc3ccccc3)c3c(Cl)cc(Cl)cc32)c1. The smallest absolute Gasteiger partial charge is 0.279 e. The van der Waals surface area contributed by atoms with Crippen LogP contribution in [0.5, 0.6) is 0 Å². The van der Waals surface area contributed by atoms with Crippen molar-refractivity contribution in [3.8, 4) is 0 Å². The van der Waals surface area contributed by atoms with E-state index >= 15 is 0 Å². The summed E-state index contributed by atoms with van der Waals surface area (Å²) < 4.78 is 23.1. The van der Waals surface area contributed by atoms with Gasteiger partial charge in [0.25, 0.3) is 5.91 Å². The van der Waals surface area contributed by atoms with Gasteiger partial charge < -0.3 is 10.2 Å². The van der Waals surface area contributed by atoms with Gasteiger partial charge in [0.15, 0.2) is 10.8 Å². The Kier molecular flexibility index (Phi) is 6.87. The van der Waals surface area contributed by atoms with Gasteiger partial charge in [-0.05, 0) is 48.1 Å². The number of hydrazone groups is 1. The molecule has 0 aromatic heterocycles. The number of nitrogens with two attached hydrogens (primary N) is 1. The number of amides is 1. The first-order chi connectivity index (χ1) is 16.1. The van der Waals surface area contributed by atoms with Gasteiger partial charge in [0.1, 0.15) is 0 Å². The van der Waals surface area contributed by atoms with Crippen LogP contribution in [0.3, 0.4) is 0 Å². The number of carbonyl (C=O) groups excluding carboxylic acids is 1. The lowest BCUT2D eigenvalue weighted by Crippen LogP contribution is -2.32. The molecule has 3 aromatic carbocycles. The van der Waals surface area contributed by atoms with Crippen LogP contribution in [0.15, 0.2) is 76.7 Å². The fraction of sp³-hybridized carbons (Fsp3) is 0.0455. The van der Waals surface area contributed by atoms with Crippen molar-refractivity contribution < 1.29 is 13.2 Å². The number of nitrogens with zero attached hydrogens (tertiary/aromatic N) is 2. The van der Waals surface area contributed by atoms with Crippen LogP contribution in [0.1, 0.15) is 11.1 Å². The molecule has 0 saturated heterocycles. The maximum absolute atomic E-state index is 13.3. The lowest BCUT2D eigenvalue weighted by atomic mass is 10.1. The van der Waals surface area contributed by atoms with Crippen molar-refractivity contribution in [3.05, 3.63) is 87.9 Å². The number of hydrogen-bond acceptors (Lipinski definition) is 5. The summed E-state index contributed by atoms with van der Waals surface area (Å²) in [6, 6.07) is 18.4. The molecule has 1 aliphatic heterocycles. The highest BCUT2D eigenvalue weighted by atomic mass is 35.5. The Morgan fingerprint density at radius 2 is 1.79 bits per heavy atom. The minimum atomic E-state index is -3.87. The third kappa shape index (κ3) is 5.21. The topological polar surface area (TPSA) is 117 Å². The third-order valence-corrected chi connectivity index (χ3v) is 6.48. The Morgan fingerprint density at radius 1 is 1.06 bits per heavy atom. The molecule has 12 heteroatoms. The molecule has 0 unspecified atom stereocenters. The van der Waals surface area contributed by atoms with Crippen LogP contribution in [-0.2, 0) is 21.4 Å². The minimum Gasteiger partial charge on any atom is -0.331 e. The standard InChI is InChI=1S/C22H17Cl2N5O3S2/c23-14-9-17-19(27-28-22(33)26-15-7-4-8-16(11-15)34(25,31)32)21(30)29(20(17)18(24)10-14)12-13-5-2-1-3-6-13/h1-11H,12H2,(H2,25,31,32)(H2,26,28,33). The number of rotatable bonds is 5. The second kappa shape index (κ2) is 9.69. The summed E-state index contributed by atoms with van der Waals surface area (Å²) in [4.78, 5) is 14.7. The Hall–Kier alpha value is -3.02. The van der Waals surface area contributed by atoms with Crippen LogP contribution in [0.4, 0.5) is 11.4 Å². The molecule has 3 aromatic rings. The van der Waals surface area contributed by atoms with Crippen LogP contribution in [0.25, 0.3) is 0 Å². The van der Waals surface area contributed by atoms with Gasteiger partial charge in [0, 0.05) is 16.3 Å². The second-order valence-electron chi connectivity index (χ2n) is 7.26. The summed E-state index contributed by atoms with van der Waals surface area (Å²) in [6.07, 6.45) is 0. The zero-order chi connectivity index (χ0) is 24.5. The van der Waals surface area contributed by atoms with Gasteiger partial charge in [0.2, 0.25) is 10.0 Å². The summed E-state index contributed by atoms with van der Waals surface area (Å²) in [5.41, 5.74) is 4.95. The molecule has 8 nitrogen and oxygen atoms in total. The highest BCUT2D eigenvalue weighted by molar-refractivity contribution is 7.89. The largest absolute Gasteiger partial charge is 0.331 e. The Labute approximate surface area is 211 Å². The maximum atomic E-state index is 13.3. The van der Waals surface area contributed by atoms with Crippen LogP contribution >= 0.6 is 35.4 Å². The first-order valence-electron chi connectivity index (χ1n) is 9.76. The normalized spacial score (nSPS) is 14.3. The molecule has 0 saturated carbocycles. The number of anilines is 2. The monoisotopic (exact) mass is 533 g/mol. The first kappa shape index (κ1) is 24.1. The van der Waals surface area contributed by atoms with E-state index in [1.54, 1.807) is 18.2 Å². The molecule has 1 aliphatic rings. The molecule has 174 valence electrons. The highest BCUT2D eigenvalue weighted by Gasteiger charge is 2.36. The number of halogens is 2. The molecule has 0 radical (unpaired) electrons. The van der Waals surface area contributed by atoms with Gasteiger partial charge in [-0.3, -0.25) is 10.2 Å². The van der Waals surface area contributed by atoms with Crippen LogP contribution in [-0.4, -0.2) is 25.1 Å². The van der Waals surface area contributed by atoms with E-state index in [0.717, 1.165) is 5.56 Å². The zero-order valence-electron chi connectivity index (χ0n) is 17.3. The van der Waals surface area contributed by atoms with Crippen molar-refractivity contribution in [1.29, 1.82) is 0 Å². The van der Waals surface area contributed by atoms with Crippen molar-refractivity contribution in [2.24, 2.45) is 10.2 Å². The number of primary sulfonamides is 1. The van der Waals surface area contributed by atoms with Gasteiger partial charge in [-0.2, -0.15) is 5.10 Å². The minimum absolute atomic E-state index is 0.0306. The number of carbonyl (C=O) groups is 1. The number of nitrogens with one attached hydrogen (secondary N) is 2. The maximum Gasteiger partial charge on any atom is 0.279 e. The summed E-state index contributed by atoms with van der Waals surface area (Å²) in [5, 5.41) is 12.9. The van der Waals surface area contributed by atoms with Crippen LogP contribution < -0.4 is 20.8 Å². The molecule has 0 bridgehead atoms. The molecule has 34 heavy (non-hydrogen) atoms. The molecule has 0 spiro atoms. The van der Waals surface area contributed by atoms with Crippen LogP contribution in [0.2, 0.25) is 10.0 Å². The summed E-state index contributed by atoms with van der Waals surface area (Å²) in [5.74, 6) is -0.380. The molecule has 0 fully saturated rings. The van der Waals surface area contributed by atoms with E-state index in [9.17, 15) is 13.2 Å². The van der Waals surface area contributed by atoms with Gasteiger partial charge in [0.05, 0.1) is 22.2 Å². The highest BCUT2D eigenvalue weighted by Crippen LogP contribution is 2.39. The van der Waals surface area contributed by atoms with Crippen molar-refractivity contribution in [2.75, 3.05) is 10.2 Å². The first-order valence-corrected chi connectivity index (χ1v) is 12.5. The van der Waals surface area contributed by atoms with Gasteiger partial charge in [-0.25, -0.2) is 13.6 Å². The lowest BCUT2D eigenvalue weighted by molar-refractivity contribution is -0.112. The quantitative estimate of drug-likeness (QED) is 0.338. The average Bonchev–Trinajstić information content (AvgIpc) is 3.03. The number of sulfonamides is 1. The van der Waals surface area contributed by atoms with E-state index < -0.39 is 10.0 Å². The molecular weight excluding hydrogens is 517 g/mol. The lowest BCUT2D eigenvalue weighted by Gasteiger charge is -2.18. The van der Waals surface area contributed by atoms with E-state index in [0.29, 0.717) is 27.0 Å². The van der Waals surface area contributed by atoms with Gasteiger partial charge in [-0.15, -0.1) is 0 Å². The van der Waals surface area contributed by atoms with Crippen molar-refractivity contribution in [1.82, 2.24) is 5.43 Å². The summed E-state index contributed by atoms with van der Waals surface area (Å²) in [7, 11) is -3.87. The number of fused-ring (bicyclic) bond motifs is 1.